The number of carbonyl (C=O) groups excluding carboxylic acids is 1. The van der Waals surface area contributed by atoms with E-state index < -0.39 is 5.76 Å². The van der Waals surface area contributed by atoms with Crippen LogP contribution in [0.1, 0.15) is 18.4 Å². The van der Waals surface area contributed by atoms with Crippen LogP contribution in [-0.4, -0.2) is 31.6 Å². The first kappa shape index (κ1) is 16.3. The molecule has 0 atom stereocenters. The Bertz CT molecular complexity index is 946. The molecule has 132 valence electrons. The Morgan fingerprint density at radius 1 is 1.15 bits per heavy atom. The minimum Gasteiger partial charge on any atom is -0.334 e. The number of aromatic nitrogens is 3. The molecule has 26 heavy (non-hydrogen) atoms. The van der Waals surface area contributed by atoms with Crippen LogP contribution in [0.3, 0.4) is 0 Å². The average molecular weight is 350 g/mol. The molecule has 1 amide bonds. The van der Waals surface area contributed by atoms with Crippen molar-refractivity contribution in [2.24, 2.45) is 0 Å². The molecule has 7 nitrogen and oxygen atoms in total. The van der Waals surface area contributed by atoms with Gasteiger partial charge in [0.25, 0.3) is 0 Å². The normalized spacial score (nSPS) is 13.5. The van der Waals surface area contributed by atoms with Gasteiger partial charge in [-0.3, -0.25) is 14.3 Å². The fourth-order valence-corrected chi connectivity index (χ4v) is 2.90. The van der Waals surface area contributed by atoms with E-state index in [4.69, 9.17) is 4.52 Å². The van der Waals surface area contributed by atoms with Gasteiger partial charge in [-0.2, -0.15) is 0 Å². The van der Waals surface area contributed by atoms with Crippen molar-refractivity contribution in [3.05, 3.63) is 70.8 Å². The van der Waals surface area contributed by atoms with E-state index in [1.807, 2.05) is 35.2 Å². The highest BCUT2D eigenvalue weighted by Crippen LogP contribution is 2.28. The molecule has 1 aromatic carbocycles. The predicted octanol–water partition coefficient (Wildman–Crippen LogP) is 2.09. The van der Waals surface area contributed by atoms with Crippen molar-refractivity contribution < 1.29 is 9.32 Å². The van der Waals surface area contributed by atoms with Gasteiger partial charge in [0.1, 0.15) is 12.2 Å². The summed E-state index contributed by atoms with van der Waals surface area (Å²) in [5.41, 5.74) is 1.56. The fraction of sp³-hybridized carbons (Fsp3) is 0.263. The molecule has 0 N–H and O–H groups in total. The smallest absolute Gasteiger partial charge is 0.334 e. The third-order valence-corrected chi connectivity index (χ3v) is 4.38. The van der Waals surface area contributed by atoms with E-state index in [2.05, 4.69) is 10.1 Å². The molecule has 2 aromatic heterocycles. The van der Waals surface area contributed by atoms with E-state index in [1.54, 1.807) is 24.4 Å². The lowest BCUT2D eigenvalue weighted by molar-refractivity contribution is -0.133. The standard InChI is InChI=1S/C19H18N4O3/c24-17(22(15-9-10-15)12-14-6-2-1-3-7-14)13-23-18(21-26-19(23)25)16-8-4-5-11-20-16/h1-8,11,15H,9-10,12-13H2. The summed E-state index contributed by atoms with van der Waals surface area (Å²) in [6, 6.07) is 15.4. The van der Waals surface area contributed by atoms with Crippen LogP contribution in [0.15, 0.2) is 64.0 Å². The van der Waals surface area contributed by atoms with Crippen LogP contribution in [0.2, 0.25) is 0 Å². The minimum absolute atomic E-state index is 0.114. The van der Waals surface area contributed by atoms with E-state index in [9.17, 15) is 9.59 Å². The van der Waals surface area contributed by atoms with Crippen LogP contribution in [0.5, 0.6) is 0 Å². The molecular weight excluding hydrogens is 332 g/mol. The summed E-state index contributed by atoms with van der Waals surface area (Å²) < 4.78 is 6.01. The SMILES string of the molecule is O=C(Cn1c(-c2ccccn2)noc1=O)N(Cc1ccccc1)C1CC1. The van der Waals surface area contributed by atoms with Crippen molar-refractivity contribution in [3.63, 3.8) is 0 Å². The third kappa shape index (κ3) is 3.42. The van der Waals surface area contributed by atoms with Gasteiger partial charge in [0.2, 0.25) is 11.7 Å². The Labute approximate surface area is 149 Å². The fourth-order valence-electron chi connectivity index (χ4n) is 2.90. The number of hydrogen-bond donors (Lipinski definition) is 0. The molecule has 4 rings (SSSR count). The topological polar surface area (TPSA) is 81.2 Å². The summed E-state index contributed by atoms with van der Waals surface area (Å²) in [5, 5.41) is 3.79. The van der Waals surface area contributed by atoms with Crippen LogP contribution in [0, 0.1) is 0 Å². The molecule has 0 bridgehead atoms. The maximum Gasteiger partial charge on any atom is 0.442 e. The van der Waals surface area contributed by atoms with Gasteiger partial charge in [0.15, 0.2) is 0 Å². The molecule has 3 aromatic rings. The summed E-state index contributed by atoms with van der Waals surface area (Å²) >= 11 is 0. The molecule has 0 unspecified atom stereocenters. The highest BCUT2D eigenvalue weighted by atomic mass is 16.5. The third-order valence-electron chi connectivity index (χ3n) is 4.38. The monoisotopic (exact) mass is 350 g/mol. The van der Waals surface area contributed by atoms with Crippen LogP contribution in [0.4, 0.5) is 0 Å². The van der Waals surface area contributed by atoms with Gasteiger partial charge in [0, 0.05) is 18.8 Å². The number of carbonyl (C=O) groups is 1. The van der Waals surface area contributed by atoms with E-state index in [0.29, 0.717) is 12.2 Å². The average Bonchev–Trinajstić information content (AvgIpc) is 3.46. The van der Waals surface area contributed by atoms with Crippen molar-refractivity contribution in [3.8, 4) is 11.5 Å². The second-order valence-corrected chi connectivity index (χ2v) is 6.31. The van der Waals surface area contributed by atoms with Gasteiger partial charge >= 0.3 is 5.76 Å². The number of benzene rings is 1. The Morgan fingerprint density at radius 3 is 2.62 bits per heavy atom. The maximum absolute atomic E-state index is 12.9. The largest absolute Gasteiger partial charge is 0.442 e. The number of rotatable bonds is 6. The van der Waals surface area contributed by atoms with Crippen LogP contribution in [-0.2, 0) is 17.9 Å². The second kappa shape index (κ2) is 6.95. The summed E-state index contributed by atoms with van der Waals surface area (Å²) in [5.74, 6) is -0.521. The number of hydrogen-bond acceptors (Lipinski definition) is 5. The molecule has 1 aliphatic rings. The van der Waals surface area contributed by atoms with Crippen molar-refractivity contribution in [2.45, 2.75) is 32.0 Å². The first-order chi connectivity index (χ1) is 12.7. The minimum atomic E-state index is -0.658. The molecule has 1 aliphatic carbocycles. The maximum atomic E-state index is 12.9. The predicted molar refractivity (Wildman–Crippen MR) is 94.0 cm³/mol. The molecule has 0 spiro atoms. The van der Waals surface area contributed by atoms with Gasteiger partial charge < -0.3 is 4.90 Å². The second-order valence-electron chi connectivity index (χ2n) is 6.31. The van der Waals surface area contributed by atoms with Crippen LogP contribution in [0.25, 0.3) is 11.5 Å². The summed E-state index contributed by atoms with van der Waals surface area (Å²) in [4.78, 5) is 31.0. The highest BCUT2D eigenvalue weighted by molar-refractivity contribution is 5.77. The summed E-state index contributed by atoms with van der Waals surface area (Å²) in [7, 11) is 0. The van der Waals surface area contributed by atoms with E-state index >= 15 is 0 Å². The quantitative estimate of drug-likeness (QED) is 0.680. The molecule has 7 heteroatoms. The Hall–Kier alpha value is -3.22. The van der Waals surface area contributed by atoms with Crippen molar-refractivity contribution in [2.75, 3.05) is 0 Å². The van der Waals surface area contributed by atoms with Gasteiger partial charge in [-0.15, -0.1) is 0 Å². The van der Waals surface area contributed by atoms with Crippen molar-refractivity contribution in [1.82, 2.24) is 19.6 Å². The molecule has 1 fully saturated rings. The molecule has 0 radical (unpaired) electrons. The lowest BCUT2D eigenvalue weighted by Crippen LogP contribution is -2.37. The number of pyridine rings is 1. The zero-order valence-electron chi connectivity index (χ0n) is 14.1. The zero-order chi connectivity index (χ0) is 17.9. The van der Waals surface area contributed by atoms with Crippen molar-refractivity contribution in [1.29, 1.82) is 0 Å². The molecule has 0 aliphatic heterocycles. The highest BCUT2D eigenvalue weighted by Gasteiger charge is 2.33. The zero-order valence-corrected chi connectivity index (χ0v) is 14.1. The van der Waals surface area contributed by atoms with E-state index in [-0.39, 0.29) is 24.3 Å². The Balaban J connectivity index is 1.57. The van der Waals surface area contributed by atoms with Gasteiger partial charge in [-0.25, -0.2) is 9.36 Å². The lowest BCUT2D eigenvalue weighted by Gasteiger charge is -2.22. The summed E-state index contributed by atoms with van der Waals surface area (Å²) in [6.45, 7) is 0.418. The Kier molecular flexibility index (Phi) is 4.35. The Morgan fingerprint density at radius 2 is 1.92 bits per heavy atom. The van der Waals surface area contributed by atoms with Crippen LogP contribution >= 0.6 is 0 Å². The van der Waals surface area contributed by atoms with E-state index in [0.717, 1.165) is 18.4 Å². The van der Waals surface area contributed by atoms with Gasteiger partial charge in [-0.1, -0.05) is 41.6 Å². The lowest BCUT2D eigenvalue weighted by atomic mass is 10.2. The first-order valence-electron chi connectivity index (χ1n) is 8.53. The number of nitrogens with zero attached hydrogens (tertiary/aromatic N) is 4. The number of amides is 1. The molecule has 1 saturated carbocycles. The van der Waals surface area contributed by atoms with Crippen molar-refractivity contribution >= 4 is 5.91 Å². The molecule has 2 heterocycles. The van der Waals surface area contributed by atoms with E-state index in [1.165, 1.54) is 4.57 Å². The van der Waals surface area contributed by atoms with Crippen LogP contribution < -0.4 is 5.76 Å². The summed E-state index contributed by atoms with van der Waals surface area (Å²) in [6.07, 6.45) is 3.58. The van der Waals surface area contributed by atoms with Gasteiger partial charge in [0.05, 0.1) is 0 Å². The molecular formula is C19H18N4O3. The first-order valence-corrected chi connectivity index (χ1v) is 8.53. The molecule has 0 saturated heterocycles. The van der Waals surface area contributed by atoms with Gasteiger partial charge in [-0.05, 0) is 30.5 Å².